The van der Waals surface area contributed by atoms with Crippen molar-refractivity contribution in [3.63, 3.8) is 0 Å². The summed E-state index contributed by atoms with van der Waals surface area (Å²) in [5.74, 6) is 0.797. The van der Waals surface area contributed by atoms with Gasteiger partial charge in [-0.25, -0.2) is 0 Å². The number of nitrogens with zero attached hydrogens (tertiary/aromatic N) is 1. The Kier molecular flexibility index (Phi) is 2.77. The summed E-state index contributed by atoms with van der Waals surface area (Å²) in [5, 5.41) is 0. The number of hydrogen-bond acceptors (Lipinski definition) is 2. The van der Waals surface area contributed by atoms with E-state index in [9.17, 15) is 4.79 Å². The monoisotopic (exact) mass is 215 g/mol. The van der Waals surface area contributed by atoms with Crippen LogP contribution in [0.25, 0.3) is 5.69 Å². The van der Waals surface area contributed by atoms with E-state index in [1.165, 1.54) is 0 Å². The zero-order valence-corrected chi connectivity index (χ0v) is 9.31. The fraction of sp³-hybridized carbons (Fsp3) is 0.154. The number of aryl methyl sites for hydroxylation is 1. The van der Waals surface area contributed by atoms with Crippen molar-refractivity contribution >= 4 is 0 Å². The summed E-state index contributed by atoms with van der Waals surface area (Å²) >= 11 is 0. The lowest BCUT2D eigenvalue weighted by Crippen LogP contribution is -2.16. The molecule has 3 nitrogen and oxygen atoms in total. The van der Waals surface area contributed by atoms with Crippen molar-refractivity contribution in [2.75, 3.05) is 7.11 Å². The first-order valence-corrected chi connectivity index (χ1v) is 5.05. The summed E-state index contributed by atoms with van der Waals surface area (Å²) in [7, 11) is 1.63. The number of methoxy groups -OCH3 is 1. The van der Waals surface area contributed by atoms with Crippen molar-refractivity contribution in [3.05, 3.63) is 58.5 Å². The van der Waals surface area contributed by atoms with Gasteiger partial charge in [0.2, 0.25) is 0 Å². The van der Waals surface area contributed by atoms with Gasteiger partial charge in [0.1, 0.15) is 5.75 Å². The fourth-order valence-corrected chi connectivity index (χ4v) is 1.65. The lowest BCUT2D eigenvalue weighted by Gasteiger charge is -2.09. The molecular weight excluding hydrogens is 202 g/mol. The molecule has 82 valence electrons. The Morgan fingerprint density at radius 1 is 1.19 bits per heavy atom. The highest BCUT2D eigenvalue weighted by atomic mass is 16.5. The Labute approximate surface area is 93.9 Å². The molecule has 0 radical (unpaired) electrons. The molecule has 0 aliphatic heterocycles. The van der Waals surface area contributed by atoms with E-state index in [0.29, 0.717) is 0 Å². The Morgan fingerprint density at radius 3 is 2.62 bits per heavy atom. The van der Waals surface area contributed by atoms with Crippen LogP contribution in [0.4, 0.5) is 0 Å². The predicted octanol–water partition coefficient (Wildman–Crippen LogP) is 2.15. The Bertz CT molecular complexity index is 558. The molecule has 16 heavy (non-hydrogen) atoms. The van der Waals surface area contributed by atoms with Crippen LogP contribution in [-0.4, -0.2) is 11.7 Å². The van der Waals surface area contributed by atoms with Crippen molar-refractivity contribution in [1.82, 2.24) is 4.57 Å². The molecule has 0 N–H and O–H groups in total. The van der Waals surface area contributed by atoms with E-state index in [2.05, 4.69) is 0 Å². The second kappa shape index (κ2) is 4.23. The van der Waals surface area contributed by atoms with Crippen LogP contribution < -0.4 is 10.3 Å². The van der Waals surface area contributed by atoms with Gasteiger partial charge >= 0.3 is 0 Å². The molecule has 0 saturated heterocycles. The van der Waals surface area contributed by atoms with Gasteiger partial charge in [0.15, 0.2) is 0 Å². The second-order valence-electron chi connectivity index (χ2n) is 3.56. The van der Waals surface area contributed by atoms with Crippen molar-refractivity contribution in [3.8, 4) is 11.4 Å². The first-order valence-electron chi connectivity index (χ1n) is 5.05. The highest BCUT2D eigenvalue weighted by Gasteiger charge is 2.03. The SMILES string of the molecule is COc1ccc(-n2ccccc2=O)c(C)c1. The van der Waals surface area contributed by atoms with Gasteiger partial charge in [0, 0.05) is 12.3 Å². The van der Waals surface area contributed by atoms with Gasteiger partial charge in [0.25, 0.3) is 5.56 Å². The first kappa shape index (κ1) is 10.5. The largest absolute Gasteiger partial charge is 0.497 e. The number of rotatable bonds is 2. The minimum absolute atomic E-state index is 0.0317. The third-order valence-electron chi connectivity index (χ3n) is 2.49. The summed E-state index contributed by atoms with van der Waals surface area (Å²) in [4.78, 5) is 11.7. The summed E-state index contributed by atoms with van der Waals surface area (Å²) in [5.41, 5.74) is 1.86. The lowest BCUT2D eigenvalue weighted by atomic mass is 10.2. The Hall–Kier alpha value is -2.03. The molecule has 1 aromatic heterocycles. The topological polar surface area (TPSA) is 31.2 Å². The van der Waals surface area contributed by atoms with E-state index >= 15 is 0 Å². The number of pyridine rings is 1. The van der Waals surface area contributed by atoms with Crippen LogP contribution in [0.2, 0.25) is 0 Å². The molecule has 0 aliphatic carbocycles. The summed E-state index contributed by atoms with van der Waals surface area (Å²) in [6, 6.07) is 10.8. The quantitative estimate of drug-likeness (QED) is 0.768. The van der Waals surface area contributed by atoms with Crippen LogP contribution in [0.3, 0.4) is 0 Å². The Morgan fingerprint density at radius 2 is 2.00 bits per heavy atom. The number of hydrogen-bond donors (Lipinski definition) is 0. The van der Waals surface area contributed by atoms with Gasteiger partial charge in [-0.05, 0) is 36.8 Å². The zero-order chi connectivity index (χ0) is 11.5. The molecule has 2 rings (SSSR count). The highest BCUT2D eigenvalue weighted by Crippen LogP contribution is 2.18. The molecule has 2 aromatic rings. The number of ether oxygens (including phenoxy) is 1. The predicted molar refractivity (Wildman–Crippen MR) is 63.3 cm³/mol. The molecule has 1 heterocycles. The van der Waals surface area contributed by atoms with Crippen LogP contribution in [-0.2, 0) is 0 Å². The molecule has 0 aliphatic rings. The summed E-state index contributed by atoms with van der Waals surface area (Å²) in [6.07, 6.45) is 1.76. The van der Waals surface area contributed by atoms with Gasteiger partial charge in [-0.1, -0.05) is 6.07 Å². The maximum Gasteiger partial charge on any atom is 0.255 e. The minimum atomic E-state index is -0.0317. The molecule has 0 spiro atoms. The average molecular weight is 215 g/mol. The molecule has 0 bridgehead atoms. The zero-order valence-electron chi connectivity index (χ0n) is 9.31. The maximum atomic E-state index is 11.7. The van der Waals surface area contributed by atoms with Crippen LogP contribution >= 0.6 is 0 Å². The van der Waals surface area contributed by atoms with E-state index in [4.69, 9.17) is 4.74 Å². The Balaban J connectivity index is 2.57. The smallest absolute Gasteiger partial charge is 0.255 e. The third-order valence-corrected chi connectivity index (χ3v) is 2.49. The standard InChI is InChI=1S/C13H13NO2/c1-10-9-11(16-2)6-7-12(10)14-8-4-3-5-13(14)15/h3-9H,1-2H3. The van der Waals surface area contributed by atoms with Crippen molar-refractivity contribution in [1.29, 1.82) is 0 Å². The molecule has 0 unspecified atom stereocenters. The molecule has 0 fully saturated rings. The molecule has 3 heteroatoms. The van der Waals surface area contributed by atoms with Crippen LogP contribution in [0.5, 0.6) is 5.75 Å². The average Bonchev–Trinajstić information content (AvgIpc) is 2.30. The van der Waals surface area contributed by atoms with Crippen LogP contribution in [0.15, 0.2) is 47.4 Å². The molecule has 0 saturated carbocycles. The van der Waals surface area contributed by atoms with E-state index < -0.39 is 0 Å². The summed E-state index contributed by atoms with van der Waals surface area (Å²) < 4.78 is 6.75. The van der Waals surface area contributed by atoms with Crippen molar-refractivity contribution in [2.45, 2.75) is 6.92 Å². The van der Waals surface area contributed by atoms with E-state index in [1.54, 1.807) is 30.0 Å². The van der Waals surface area contributed by atoms with Gasteiger partial charge < -0.3 is 4.74 Å². The van der Waals surface area contributed by atoms with Gasteiger partial charge in [-0.3, -0.25) is 9.36 Å². The van der Waals surface area contributed by atoms with Crippen LogP contribution in [0, 0.1) is 6.92 Å². The number of aromatic nitrogens is 1. The second-order valence-corrected chi connectivity index (χ2v) is 3.56. The highest BCUT2D eigenvalue weighted by molar-refractivity contribution is 5.45. The number of benzene rings is 1. The van der Waals surface area contributed by atoms with Gasteiger partial charge in [-0.15, -0.1) is 0 Å². The fourth-order valence-electron chi connectivity index (χ4n) is 1.65. The molecule has 0 amide bonds. The van der Waals surface area contributed by atoms with Gasteiger partial charge in [-0.2, -0.15) is 0 Å². The van der Waals surface area contributed by atoms with Gasteiger partial charge in [0.05, 0.1) is 12.8 Å². The lowest BCUT2D eigenvalue weighted by molar-refractivity contribution is 0.414. The van der Waals surface area contributed by atoms with E-state index in [-0.39, 0.29) is 5.56 Å². The maximum absolute atomic E-state index is 11.7. The van der Waals surface area contributed by atoms with E-state index in [1.807, 2.05) is 31.2 Å². The molecular formula is C13H13NO2. The van der Waals surface area contributed by atoms with Crippen molar-refractivity contribution in [2.24, 2.45) is 0 Å². The summed E-state index contributed by atoms with van der Waals surface area (Å²) in [6.45, 7) is 1.96. The third kappa shape index (κ3) is 1.84. The van der Waals surface area contributed by atoms with Crippen molar-refractivity contribution < 1.29 is 4.74 Å². The normalized spacial score (nSPS) is 10.1. The molecule has 0 atom stereocenters. The van der Waals surface area contributed by atoms with E-state index in [0.717, 1.165) is 17.0 Å². The molecule has 1 aromatic carbocycles. The minimum Gasteiger partial charge on any atom is -0.497 e. The van der Waals surface area contributed by atoms with Crippen LogP contribution in [0.1, 0.15) is 5.56 Å². The first-order chi connectivity index (χ1) is 7.72.